The first-order chi connectivity index (χ1) is 8.87. The maximum Gasteiger partial charge on any atom is 0.322 e. The van der Waals surface area contributed by atoms with E-state index in [-0.39, 0.29) is 6.03 Å². The van der Waals surface area contributed by atoms with Crippen molar-refractivity contribution in [3.8, 4) is 0 Å². The molecule has 2 heterocycles. The van der Waals surface area contributed by atoms with Crippen LogP contribution in [0.15, 0.2) is 17.5 Å². The lowest BCUT2D eigenvalue weighted by Gasteiger charge is -2.39. The van der Waals surface area contributed by atoms with Crippen molar-refractivity contribution in [1.29, 1.82) is 0 Å². The van der Waals surface area contributed by atoms with E-state index in [0.29, 0.717) is 16.9 Å². The molecule has 19 heavy (non-hydrogen) atoms. The second kappa shape index (κ2) is 4.23. The van der Waals surface area contributed by atoms with Crippen molar-refractivity contribution < 1.29 is 4.79 Å². The molecule has 1 N–H and O–H groups in total. The predicted octanol–water partition coefficient (Wildman–Crippen LogP) is 4.18. The maximum absolute atomic E-state index is 12.4. The molecule has 1 saturated heterocycles. The molecule has 0 aromatic carbocycles. The van der Waals surface area contributed by atoms with Gasteiger partial charge in [0.2, 0.25) is 0 Å². The van der Waals surface area contributed by atoms with Crippen LogP contribution in [0.5, 0.6) is 0 Å². The van der Waals surface area contributed by atoms with Gasteiger partial charge in [-0.25, -0.2) is 4.79 Å². The second-order valence-electron chi connectivity index (χ2n) is 7.25. The van der Waals surface area contributed by atoms with Crippen molar-refractivity contribution >= 4 is 22.4 Å². The van der Waals surface area contributed by atoms with Crippen molar-refractivity contribution in [3.05, 3.63) is 17.5 Å². The summed E-state index contributed by atoms with van der Waals surface area (Å²) < 4.78 is 0. The third-order valence-electron chi connectivity index (χ3n) is 4.43. The van der Waals surface area contributed by atoms with Crippen molar-refractivity contribution in [2.45, 2.75) is 46.1 Å². The molecule has 1 aliphatic heterocycles. The number of carbonyl (C=O) groups excluding carboxylic acids is 1. The van der Waals surface area contributed by atoms with E-state index in [1.165, 1.54) is 6.42 Å². The fourth-order valence-electron chi connectivity index (χ4n) is 4.22. The van der Waals surface area contributed by atoms with Crippen molar-refractivity contribution in [2.75, 3.05) is 11.9 Å². The molecule has 1 aromatic heterocycles. The summed E-state index contributed by atoms with van der Waals surface area (Å²) in [6.45, 7) is 7.90. The van der Waals surface area contributed by atoms with Gasteiger partial charge >= 0.3 is 6.03 Å². The van der Waals surface area contributed by atoms with Crippen LogP contribution in [-0.2, 0) is 0 Å². The van der Waals surface area contributed by atoms with Crippen LogP contribution < -0.4 is 5.32 Å². The average molecular weight is 278 g/mol. The Hall–Kier alpha value is -1.03. The molecule has 0 spiro atoms. The van der Waals surface area contributed by atoms with Crippen LogP contribution in [0, 0.1) is 10.8 Å². The molecule has 1 aromatic rings. The topological polar surface area (TPSA) is 32.3 Å². The Morgan fingerprint density at radius 1 is 1.42 bits per heavy atom. The molecule has 2 atom stereocenters. The quantitative estimate of drug-likeness (QED) is 0.821. The van der Waals surface area contributed by atoms with Crippen LogP contribution in [0.2, 0.25) is 0 Å². The summed E-state index contributed by atoms with van der Waals surface area (Å²) in [4.78, 5) is 14.5. The normalized spacial score (nSPS) is 32.4. The lowest BCUT2D eigenvalue weighted by Crippen LogP contribution is -2.40. The molecule has 104 valence electrons. The molecular formula is C15H22N2OS. The number of nitrogens with one attached hydrogen (secondary N) is 1. The summed E-state index contributed by atoms with van der Waals surface area (Å²) >= 11 is 1.58. The summed E-state index contributed by atoms with van der Waals surface area (Å²) in [7, 11) is 0. The molecule has 2 unspecified atom stereocenters. The Morgan fingerprint density at radius 3 is 2.89 bits per heavy atom. The van der Waals surface area contributed by atoms with Crippen LogP contribution in [0.3, 0.4) is 0 Å². The fourth-order valence-corrected chi connectivity index (χ4v) is 4.83. The van der Waals surface area contributed by atoms with Gasteiger partial charge in [-0.2, -0.15) is 0 Å². The molecule has 2 amide bonds. The van der Waals surface area contributed by atoms with Gasteiger partial charge in [0.1, 0.15) is 0 Å². The highest BCUT2D eigenvalue weighted by molar-refractivity contribution is 7.14. The van der Waals surface area contributed by atoms with Crippen molar-refractivity contribution in [2.24, 2.45) is 10.8 Å². The Bertz CT molecular complexity index is 482. The van der Waals surface area contributed by atoms with Crippen LogP contribution >= 0.6 is 11.3 Å². The van der Waals surface area contributed by atoms with Crippen LogP contribution in [-0.4, -0.2) is 23.5 Å². The van der Waals surface area contributed by atoms with Gasteiger partial charge in [-0.3, -0.25) is 5.32 Å². The molecule has 2 aliphatic rings. The maximum atomic E-state index is 12.4. The first-order valence-corrected chi connectivity index (χ1v) is 7.86. The summed E-state index contributed by atoms with van der Waals surface area (Å²) in [5.41, 5.74) is 0.662. The number of likely N-dealkylation sites (tertiary alicyclic amines) is 1. The highest BCUT2D eigenvalue weighted by atomic mass is 32.1. The first-order valence-electron chi connectivity index (χ1n) is 6.98. The van der Waals surface area contributed by atoms with Crippen LogP contribution in [0.1, 0.15) is 40.0 Å². The Morgan fingerprint density at radius 2 is 2.21 bits per heavy atom. The largest absolute Gasteiger partial charge is 0.322 e. The zero-order valence-electron chi connectivity index (χ0n) is 11.9. The molecule has 1 aliphatic carbocycles. The Labute approximate surface area is 119 Å². The predicted molar refractivity (Wildman–Crippen MR) is 79.6 cm³/mol. The van der Waals surface area contributed by atoms with Crippen LogP contribution in [0.4, 0.5) is 9.80 Å². The Kier molecular flexibility index (Phi) is 2.89. The standard InChI is InChI=1S/C15H22N2OS/c1-14(2)7-11-8-15(3,9-14)10-17(11)13(18)16-12-5-4-6-19-12/h4-6,11H,7-10H2,1-3H3,(H,16,18). The lowest BCUT2D eigenvalue weighted by atomic mass is 9.65. The molecular weight excluding hydrogens is 256 g/mol. The van der Waals surface area contributed by atoms with E-state index < -0.39 is 0 Å². The van der Waals surface area contributed by atoms with Gasteiger partial charge < -0.3 is 4.90 Å². The van der Waals surface area contributed by atoms with Gasteiger partial charge in [-0.15, -0.1) is 11.3 Å². The number of hydrogen-bond acceptors (Lipinski definition) is 2. The number of thiophene rings is 1. The van der Waals surface area contributed by atoms with E-state index in [1.807, 2.05) is 17.5 Å². The van der Waals surface area contributed by atoms with Gasteiger partial charge in [0.05, 0.1) is 5.00 Å². The molecule has 1 saturated carbocycles. The van der Waals surface area contributed by atoms with Gasteiger partial charge in [0.25, 0.3) is 0 Å². The number of hydrogen-bond donors (Lipinski definition) is 1. The Balaban J connectivity index is 1.74. The summed E-state index contributed by atoms with van der Waals surface area (Å²) in [6.07, 6.45) is 3.51. The van der Waals surface area contributed by atoms with Gasteiger partial charge in [0.15, 0.2) is 0 Å². The van der Waals surface area contributed by atoms with Gasteiger partial charge in [-0.05, 0) is 47.6 Å². The average Bonchev–Trinajstić information content (AvgIpc) is 2.83. The number of anilines is 1. The third kappa shape index (κ3) is 2.50. The van der Waals surface area contributed by atoms with E-state index in [2.05, 4.69) is 31.0 Å². The number of fused-ring (bicyclic) bond motifs is 2. The summed E-state index contributed by atoms with van der Waals surface area (Å²) in [5.74, 6) is 0. The number of carbonyl (C=O) groups is 1. The van der Waals surface area contributed by atoms with Crippen molar-refractivity contribution in [3.63, 3.8) is 0 Å². The zero-order valence-corrected chi connectivity index (χ0v) is 12.7. The highest BCUT2D eigenvalue weighted by Crippen LogP contribution is 2.52. The van der Waals surface area contributed by atoms with E-state index >= 15 is 0 Å². The van der Waals surface area contributed by atoms with E-state index in [9.17, 15) is 4.79 Å². The van der Waals surface area contributed by atoms with Gasteiger partial charge in [0, 0.05) is 12.6 Å². The van der Waals surface area contributed by atoms with Crippen molar-refractivity contribution in [1.82, 2.24) is 4.90 Å². The lowest BCUT2D eigenvalue weighted by molar-refractivity contribution is 0.130. The van der Waals surface area contributed by atoms with E-state index in [1.54, 1.807) is 11.3 Å². The number of amides is 2. The fraction of sp³-hybridized carbons (Fsp3) is 0.667. The first kappa shape index (κ1) is 13.0. The minimum atomic E-state index is 0.0777. The smallest absolute Gasteiger partial charge is 0.321 e. The monoisotopic (exact) mass is 278 g/mol. The molecule has 2 bridgehead atoms. The van der Waals surface area contributed by atoms with Gasteiger partial charge in [-0.1, -0.05) is 20.8 Å². The second-order valence-corrected chi connectivity index (χ2v) is 8.20. The number of urea groups is 1. The number of nitrogens with zero attached hydrogens (tertiary/aromatic N) is 1. The zero-order chi connectivity index (χ0) is 13.7. The minimum absolute atomic E-state index is 0.0777. The minimum Gasteiger partial charge on any atom is -0.321 e. The highest BCUT2D eigenvalue weighted by Gasteiger charge is 2.50. The SMILES string of the molecule is CC1(C)CC2CC(C)(CN2C(=O)Nc2cccs2)C1. The van der Waals surface area contributed by atoms with Crippen LogP contribution in [0.25, 0.3) is 0 Å². The molecule has 4 heteroatoms. The number of rotatable bonds is 1. The molecule has 3 nitrogen and oxygen atoms in total. The summed E-state index contributed by atoms with van der Waals surface area (Å²) in [6, 6.07) is 4.41. The summed E-state index contributed by atoms with van der Waals surface area (Å²) in [5, 5.41) is 5.96. The van der Waals surface area contributed by atoms with E-state index in [4.69, 9.17) is 0 Å². The third-order valence-corrected chi connectivity index (χ3v) is 5.21. The van der Waals surface area contributed by atoms with E-state index in [0.717, 1.165) is 24.4 Å². The molecule has 3 rings (SSSR count). The molecule has 2 fully saturated rings. The molecule has 0 radical (unpaired) electrons.